The molecule has 0 bridgehead atoms. The summed E-state index contributed by atoms with van der Waals surface area (Å²) < 4.78 is 48.4. The summed E-state index contributed by atoms with van der Waals surface area (Å²) in [5, 5.41) is 4.27. The molecule has 1 heterocycles. The molecule has 0 fully saturated rings. The molecule has 2 rings (SSSR count). The predicted molar refractivity (Wildman–Crippen MR) is 91.7 cm³/mol. The molecule has 0 aliphatic carbocycles. The van der Waals surface area contributed by atoms with Gasteiger partial charge in [-0.05, 0) is 30.3 Å². The van der Waals surface area contributed by atoms with Gasteiger partial charge in [0, 0.05) is 11.6 Å². The van der Waals surface area contributed by atoms with Crippen molar-refractivity contribution in [2.75, 3.05) is 18.5 Å². The van der Waals surface area contributed by atoms with Crippen LogP contribution in [-0.2, 0) is 20.5 Å². The van der Waals surface area contributed by atoms with Crippen LogP contribution >= 0.6 is 11.6 Å². The molecule has 1 aromatic carbocycles. The number of amides is 2. The molecule has 2 N–H and O–H groups in total. The Morgan fingerprint density at radius 2 is 1.93 bits per heavy atom. The van der Waals surface area contributed by atoms with Gasteiger partial charge in [-0.15, -0.1) is 0 Å². The average Bonchev–Trinajstić information content (AvgIpc) is 3.15. The Balaban J connectivity index is 1.78. The van der Waals surface area contributed by atoms with Crippen LogP contribution in [-0.4, -0.2) is 30.9 Å². The van der Waals surface area contributed by atoms with Gasteiger partial charge in [0.1, 0.15) is 0 Å². The zero-order valence-electron chi connectivity index (χ0n) is 14.1. The molecule has 0 aliphatic heterocycles. The van der Waals surface area contributed by atoms with Crippen molar-refractivity contribution >= 4 is 35.1 Å². The molecule has 0 saturated carbocycles. The topological polar surface area (TPSA) is 97.6 Å². The number of carbonyl (C=O) groups is 3. The number of rotatable bonds is 7. The molecule has 11 heteroatoms. The van der Waals surface area contributed by atoms with E-state index in [0.717, 1.165) is 6.07 Å². The quantitative estimate of drug-likeness (QED) is 0.673. The lowest BCUT2D eigenvalue weighted by molar-refractivity contribution is -0.147. The maximum absolute atomic E-state index is 13.0. The molecule has 0 atom stereocenters. The van der Waals surface area contributed by atoms with E-state index < -0.39 is 41.8 Å². The number of alkyl halides is 3. The second kappa shape index (κ2) is 9.27. The van der Waals surface area contributed by atoms with E-state index in [1.807, 2.05) is 5.32 Å². The Hall–Kier alpha value is -3.01. The minimum atomic E-state index is -4.73. The summed E-state index contributed by atoms with van der Waals surface area (Å²) in [6, 6.07) is 5.80. The van der Waals surface area contributed by atoms with Crippen molar-refractivity contribution in [3.05, 3.63) is 52.9 Å². The number of ether oxygens (including phenoxy) is 1. The molecule has 0 spiro atoms. The van der Waals surface area contributed by atoms with E-state index in [1.165, 1.54) is 24.5 Å². The second-order valence-electron chi connectivity index (χ2n) is 5.38. The smallest absolute Gasteiger partial charge is 0.418 e. The maximum Gasteiger partial charge on any atom is 0.418 e. The van der Waals surface area contributed by atoms with Crippen LogP contribution in [0.4, 0.5) is 18.9 Å². The van der Waals surface area contributed by atoms with E-state index in [0.29, 0.717) is 6.07 Å². The van der Waals surface area contributed by atoms with Crippen LogP contribution in [0.15, 0.2) is 41.0 Å². The minimum absolute atomic E-state index is 0.0659. The first-order valence-electron chi connectivity index (χ1n) is 7.80. The van der Waals surface area contributed by atoms with Gasteiger partial charge in [-0.2, -0.15) is 13.2 Å². The molecule has 7 nitrogen and oxygen atoms in total. The first-order chi connectivity index (χ1) is 13.2. The number of benzene rings is 1. The fourth-order valence-electron chi connectivity index (χ4n) is 2.04. The van der Waals surface area contributed by atoms with E-state index in [-0.39, 0.29) is 23.7 Å². The van der Waals surface area contributed by atoms with E-state index in [2.05, 4.69) is 10.1 Å². The van der Waals surface area contributed by atoms with E-state index >= 15 is 0 Å². The van der Waals surface area contributed by atoms with Crippen LogP contribution in [0.2, 0.25) is 5.02 Å². The summed E-state index contributed by atoms with van der Waals surface area (Å²) in [6.45, 7) is -0.861. The summed E-state index contributed by atoms with van der Waals surface area (Å²) in [5.74, 6) is -2.24. The number of hydrogen-bond donors (Lipinski definition) is 2. The van der Waals surface area contributed by atoms with Crippen LogP contribution in [0.1, 0.15) is 22.5 Å². The van der Waals surface area contributed by atoms with Crippen molar-refractivity contribution in [3.63, 3.8) is 0 Å². The van der Waals surface area contributed by atoms with Gasteiger partial charge < -0.3 is 19.8 Å². The van der Waals surface area contributed by atoms with Crippen molar-refractivity contribution in [1.29, 1.82) is 0 Å². The Morgan fingerprint density at radius 3 is 2.57 bits per heavy atom. The van der Waals surface area contributed by atoms with E-state index in [9.17, 15) is 27.6 Å². The highest BCUT2D eigenvalue weighted by atomic mass is 35.5. The molecule has 2 amide bonds. The van der Waals surface area contributed by atoms with Gasteiger partial charge in [0.05, 0.1) is 23.9 Å². The van der Waals surface area contributed by atoms with Gasteiger partial charge in [0.2, 0.25) is 0 Å². The lowest BCUT2D eigenvalue weighted by atomic mass is 10.1. The van der Waals surface area contributed by atoms with Crippen molar-refractivity contribution in [1.82, 2.24) is 5.32 Å². The van der Waals surface area contributed by atoms with Crippen LogP contribution < -0.4 is 10.6 Å². The Kier molecular flexibility index (Phi) is 7.05. The molecule has 1 aromatic heterocycles. The third-order valence-electron chi connectivity index (χ3n) is 3.29. The molecule has 28 heavy (non-hydrogen) atoms. The number of nitrogens with one attached hydrogen (secondary N) is 2. The average molecular weight is 419 g/mol. The molecular formula is C17H14ClF3N2O5. The minimum Gasteiger partial charge on any atom is -0.459 e. The molecular weight excluding hydrogens is 405 g/mol. The third-order valence-corrected chi connectivity index (χ3v) is 3.52. The van der Waals surface area contributed by atoms with E-state index in [1.54, 1.807) is 0 Å². The number of halogens is 4. The van der Waals surface area contributed by atoms with Crippen LogP contribution in [0.25, 0.3) is 0 Å². The highest BCUT2D eigenvalue weighted by Crippen LogP contribution is 2.36. The largest absolute Gasteiger partial charge is 0.459 e. The first-order valence-corrected chi connectivity index (χ1v) is 8.18. The highest BCUT2D eigenvalue weighted by molar-refractivity contribution is 6.30. The molecule has 2 aromatic rings. The summed E-state index contributed by atoms with van der Waals surface area (Å²) in [5.41, 5.74) is -1.64. The zero-order chi connectivity index (χ0) is 20.7. The van der Waals surface area contributed by atoms with Gasteiger partial charge in [-0.1, -0.05) is 11.6 Å². The third kappa shape index (κ3) is 6.31. The Morgan fingerprint density at radius 1 is 1.18 bits per heavy atom. The second-order valence-corrected chi connectivity index (χ2v) is 5.82. The van der Waals surface area contributed by atoms with Gasteiger partial charge in [0.15, 0.2) is 12.4 Å². The monoisotopic (exact) mass is 418 g/mol. The standard InChI is InChI=1S/C17H14ClF3N2O5/c18-10-3-4-12(11(8-10)17(19,20)21)23-14(24)9-28-15(25)5-6-22-16(26)13-2-1-7-27-13/h1-4,7-8H,5-6,9H2,(H,22,26)(H,23,24). The van der Waals surface area contributed by atoms with E-state index in [4.69, 9.17) is 16.0 Å². The summed E-state index contributed by atoms with van der Waals surface area (Å²) in [4.78, 5) is 34.9. The Labute approximate surface area is 161 Å². The van der Waals surface area contributed by atoms with Crippen LogP contribution in [0.5, 0.6) is 0 Å². The fourth-order valence-corrected chi connectivity index (χ4v) is 2.21. The molecule has 0 aliphatic rings. The lowest BCUT2D eigenvalue weighted by Crippen LogP contribution is -2.27. The number of hydrogen-bond acceptors (Lipinski definition) is 5. The predicted octanol–water partition coefficient (Wildman–Crippen LogP) is 3.25. The highest BCUT2D eigenvalue weighted by Gasteiger charge is 2.34. The lowest BCUT2D eigenvalue weighted by Gasteiger charge is -2.14. The maximum atomic E-state index is 13.0. The van der Waals surface area contributed by atoms with Gasteiger partial charge in [0.25, 0.3) is 11.8 Å². The number of anilines is 1. The van der Waals surface area contributed by atoms with Gasteiger partial charge in [-0.3, -0.25) is 14.4 Å². The van der Waals surface area contributed by atoms with Crippen LogP contribution in [0, 0.1) is 0 Å². The number of carbonyl (C=O) groups excluding carboxylic acids is 3. The number of esters is 1. The number of furan rings is 1. The summed E-state index contributed by atoms with van der Waals surface area (Å²) >= 11 is 5.55. The molecule has 0 unspecified atom stereocenters. The fraction of sp³-hybridized carbons (Fsp3) is 0.235. The molecule has 0 saturated heterocycles. The van der Waals surface area contributed by atoms with Crippen molar-refractivity contribution in [2.24, 2.45) is 0 Å². The van der Waals surface area contributed by atoms with Crippen molar-refractivity contribution in [3.8, 4) is 0 Å². The molecule has 150 valence electrons. The first kappa shape index (κ1) is 21.3. The summed E-state index contributed by atoms with van der Waals surface area (Å²) in [6.07, 6.45) is -3.66. The van der Waals surface area contributed by atoms with Crippen LogP contribution in [0.3, 0.4) is 0 Å². The van der Waals surface area contributed by atoms with Crippen molar-refractivity contribution in [2.45, 2.75) is 12.6 Å². The zero-order valence-corrected chi connectivity index (χ0v) is 14.9. The SMILES string of the molecule is O=C(COC(=O)CCNC(=O)c1ccco1)Nc1ccc(Cl)cc1C(F)(F)F. The Bertz CT molecular complexity index is 853. The normalized spacial score (nSPS) is 11.0. The van der Waals surface area contributed by atoms with Gasteiger partial charge >= 0.3 is 12.1 Å². The summed E-state index contributed by atoms with van der Waals surface area (Å²) in [7, 11) is 0. The molecule has 0 radical (unpaired) electrons. The van der Waals surface area contributed by atoms with Gasteiger partial charge in [-0.25, -0.2) is 0 Å². The van der Waals surface area contributed by atoms with Crippen molar-refractivity contribution < 1.29 is 36.7 Å².